The van der Waals surface area contributed by atoms with Gasteiger partial charge in [-0.25, -0.2) is 14.6 Å². The predicted molar refractivity (Wildman–Crippen MR) is 141 cm³/mol. The average molecular weight is 570 g/mol. The highest BCUT2D eigenvalue weighted by molar-refractivity contribution is 5.96. The van der Waals surface area contributed by atoms with Crippen molar-refractivity contribution in [2.45, 2.75) is 51.4 Å². The van der Waals surface area contributed by atoms with E-state index in [-0.39, 0.29) is 13.2 Å². The van der Waals surface area contributed by atoms with E-state index in [1.807, 2.05) is 6.07 Å². The molecule has 0 spiro atoms. The van der Waals surface area contributed by atoms with Crippen LogP contribution in [0.1, 0.15) is 25.0 Å². The molecular weight excluding hydrogens is 538 g/mol. The molecule has 218 valence electrons. The van der Waals surface area contributed by atoms with E-state index >= 15 is 0 Å². The molecule has 3 rings (SSSR count). The van der Waals surface area contributed by atoms with E-state index < -0.39 is 66.5 Å². The molecule has 2 aromatic carbocycles. The largest absolute Gasteiger partial charge is 0.459 e. The van der Waals surface area contributed by atoms with E-state index in [1.54, 1.807) is 54.6 Å². The molecule has 5 amide bonds. The summed E-state index contributed by atoms with van der Waals surface area (Å²) in [6.07, 6.45) is -3.36. The van der Waals surface area contributed by atoms with Crippen molar-refractivity contribution in [1.29, 1.82) is 0 Å². The number of esters is 1. The van der Waals surface area contributed by atoms with Crippen LogP contribution in [0.2, 0.25) is 0 Å². The number of benzene rings is 2. The van der Waals surface area contributed by atoms with Crippen LogP contribution in [-0.2, 0) is 51.4 Å². The number of epoxide rings is 1. The molecule has 0 unspecified atom stereocenters. The molecule has 0 radical (unpaired) electrons. The lowest BCUT2D eigenvalue weighted by Crippen LogP contribution is -2.57. The number of amides is 5. The number of alkyl carbamates (subject to hydrolysis) is 1. The summed E-state index contributed by atoms with van der Waals surface area (Å²) in [5.41, 5.74) is 8.89. The Bertz CT molecular complexity index is 1260. The third kappa shape index (κ3) is 9.61. The summed E-state index contributed by atoms with van der Waals surface area (Å²) in [6, 6.07) is 15.5. The predicted octanol–water partition coefficient (Wildman–Crippen LogP) is -0.338. The van der Waals surface area contributed by atoms with Gasteiger partial charge in [-0.05, 0) is 25.0 Å². The monoisotopic (exact) mass is 569 g/mol. The molecule has 1 fully saturated rings. The van der Waals surface area contributed by atoms with Gasteiger partial charge in [0.25, 0.3) is 11.8 Å². The molecule has 0 aliphatic carbocycles. The van der Waals surface area contributed by atoms with Crippen molar-refractivity contribution < 1.29 is 43.0 Å². The number of carbonyl (C=O) groups excluding carboxylic acids is 6. The summed E-state index contributed by atoms with van der Waals surface area (Å²) >= 11 is 0. The number of hydrogen-bond acceptors (Lipinski definition) is 9. The molecule has 14 nitrogen and oxygen atoms in total. The van der Waals surface area contributed by atoms with Crippen LogP contribution >= 0.6 is 0 Å². The van der Waals surface area contributed by atoms with Crippen LogP contribution in [0.3, 0.4) is 0 Å². The van der Waals surface area contributed by atoms with Gasteiger partial charge >= 0.3 is 12.1 Å². The molecule has 2 aromatic rings. The first-order chi connectivity index (χ1) is 19.5. The number of nitrogens with two attached hydrogens (primary N) is 1. The highest BCUT2D eigenvalue weighted by Crippen LogP contribution is 2.25. The maximum absolute atomic E-state index is 12.8. The van der Waals surface area contributed by atoms with Gasteiger partial charge in [-0.3, -0.25) is 24.6 Å². The number of hydrogen-bond donors (Lipinski definition) is 4. The quantitative estimate of drug-likeness (QED) is 0.150. The molecule has 0 saturated carbocycles. The van der Waals surface area contributed by atoms with Gasteiger partial charge in [-0.1, -0.05) is 60.7 Å². The lowest BCUT2D eigenvalue weighted by Gasteiger charge is -2.24. The van der Waals surface area contributed by atoms with Crippen LogP contribution in [-0.4, -0.2) is 71.5 Å². The molecular formula is C27H31N5O9. The van der Waals surface area contributed by atoms with Crippen LogP contribution in [0.25, 0.3) is 0 Å². The van der Waals surface area contributed by atoms with Crippen molar-refractivity contribution >= 4 is 35.7 Å². The number of ether oxygens (including phenoxy) is 3. The van der Waals surface area contributed by atoms with E-state index in [1.165, 1.54) is 13.8 Å². The molecule has 1 saturated heterocycles. The molecule has 1 aliphatic heterocycles. The van der Waals surface area contributed by atoms with E-state index in [0.717, 1.165) is 11.1 Å². The first-order valence-electron chi connectivity index (χ1n) is 12.6. The minimum Gasteiger partial charge on any atom is -0.459 e. The van der Waals surface area contributed by atoms with Crippen LogP contribution in [0.5, 0.6) is 0 Å². The topological polar surface area (TPSA) is 199 Å². The van der Waals surface area contributed by atoms with Crippen LogP contribution in [0.15, 0.2) is 60.7 Å². The summed E-state index contributed by atoms with van der Waals surface area (Å²) in [4.78, 5) is 73.8. The smallest absolute Gasteiger partial charge is 0.408 e. The third-order valence-electron chi connectivity index (χ3n) is 5.71. The number of primary amides is 1. The number of hydrazine groups is 1. The fraction of sp³-hybridized carbons (Fsp3) is 0.333. The number of nitrogens with one attached hydrogen (secondary N) is 3. The van der Waals surface area contributed by atoms with Gasteiger partial charge < -0.3 is 30.6 Å². The first kappa shape index (κ1) is 30.6. The molecule has 1 aliphatic rings. The number of carbonyl (C=O) groups is 6. The Kier molecular flexibility index (Phi) is 10.7. The lowest BCUT2D eigenvalue weighted by atomic mass is 10.2. The third-order valence-corrected chi connectivity index (χ3v) is 5.71. The maximum Gasteiger partial charge on any atom is 0.408 e. The Hall–Kier alpha value is -4.98. The zero-order chi connectivity index (χ0) is 29.9. The molecule has 0 bridgehead atoms. The normalized spacial score (nSPS) is 16.7. The first-order valence-corrected chi connectivity index (χ1v) is 12.6. The fourth-order valence-corrected chi connectivity index (χ4v) is 3.41. The summed E-state index contributed by atoms with van der Waals surface area (Å²) in [7, 11) is 0. The maximum atomic E-state index is 12.8. The Morgan fingerprint density at radius 1 is 0.805 bits per heavy atom. The van der Waals surface area contributed by atoms with E-state index in [0.29, 0.717) is 5.01 Å². The van der Waals surface area contributed by atoms with Crippen LogP contribution in [0, 0.1) is 0 Å². The minimum atomic E-state index is -1.30. The van der Waals surface area contributed by atoms with Crippen molar-refractivity contribution in [2.24, 2.45) is 5.73 Å². The van der Waals surface area contributed by atoms with E-state index in [4.69, 9.17) is 19.9 Å². The number of rotatable bonds is 12. The van der Waals surface area contributed by atoms with Gasteiger partial charge in [-0.2, -0.15) is 0 Å². The summed E-state index contributed by atoms with van der Waals surface area (Å²) in [5.74, 6) is -4.25. The molecule has 1 heterocycles. The highest BCUT2D eigenvalue weighted by Gasteiger charge is 2.53. The minimum absolute atomic E-state index is 0.000137. The second-order valence-corrected chi connectivity index (χ2v) is 9.10. The van der Waals surface area contributed by atoms with Crippen molar-refractivity contribution in [3.8, 4) is 0 Å². The van der Waals surface area contributed by atoms with Crippen molar-refractivity contribution in [1.82, 2.24) is 21.1 Å². The Morgan fingerprint density at radius 3 is 1.90 bits per heavy atom. The van der Waals surface area contributed by atoms with E-state index in [2.05, 4.69) is 16.1 Å². The van der Waals surface area contributed by atoms with Crippen molar-refractivity contribution in [3.63, 3.8) is 0 Å². The fourth-order valence-electron chi connectivity index (χ4n) is 3.41. The molecule has 41 heavy (non-hydrogen) atoms. The Labute approximate surface area is 235 Å². The van der Waals surface area contributed by atoms with Gasteiger partial charge in [0.1, 0.15) is 31.8 Å². The molecule has 4 atom stereocenters. The Morgan fingerprint density at radius 2 is 1.34 bits per heavy atom. The van der Waals surface area contributed by atoms with Crippen molar-refractivity contribution in [3.05, 3.63) is 71.8 Å². The number of nitrogens with zero attached hydrogens (tertiary/aromatic N) is 1. The van der Waals surface area contributed by atoms with Crippen LogP contribution in [0.4, 0.5) is 4.79 Å². The summed E-state index contributed by atoms with van der Waals surface area (Å²) in [5, 5.41) is 5.33. The van der Waals surface area contributed by atoms with Gasteiger partial charge in [0.05, 0.1) is 0 Å². The van der Waals surface area contributed by atoms with Crippen LogP contribution < -0.4 is 21.8 Å². The highest BCUT2D eigenvalue weighted by atomic mass is 16.6. The summed E-state index contributed by atoms with van der Waals surface area (Å²) in [6.45, 7) is 1.95. The summed E-state index contributed by atoms with van der Waals surface area (Å²) < 4.78 is 15.3. The Balaban J connectivity index is 1.46. The molecule has 14 heteroatoms. The SMILES string of the molecule is C[C@H](NC(=O)OCc1ccccc1)C(=O)N[C@@H](C)C(=O)NN(CC(N)=O)C(=O)[C@H]1O[C@@H]1C(=O)OCc1ccccc1. The van der Waals surface area contributed by atoms with Gasteiger partial charge in [0.2, 0.25) is 11.8 Å². The van der Waals surface area contributed by atoms with Gasteiger partial charge in [0.15, 0.2) is 12.2 Å². The standard InChI is InChI=1S/C27H31N5O9/c1-16(30-27(38)40-15-19-11-7-4-8-12-19)23(34)29-17(2)24(35)31-32(13-20(28)33)25(36)21-22(41-21)26(37)39-14-18-9-5-3-6-10-18/h3-12,16-17,21-22H,13-15H2,1-2H3,(H2,28,33)(H,29,34)(H,30,38)(H,31,35)/t16-,17-,21-,22-/m0/s1. The zero-order valence-corrected chi connectivity index (χ0v) is 22.4. The lowest BCUT2D eigenvalue weighted by molar-refractivity contribution is -0.147. The van der Waals surface area contributed by atoms with Crippen molar-refractivity contribution in [2.75, 3.05) is 6.54 Å². The zero-order valence-electron chi connectivity index (χ0n) is 22.4. The van der Waals surface area contributed by atoms with Gasteiger partial charge in [0, 0.05) is 0 Å². The molecule has 0 aromatic heterocycles. The average Bonchev–Trinajstić information content (AvgIpc) is 3.76. The van der Waals surface area contributed by atoms with Gasteiger partial charge in [-0.15, -0.1) is 0 Å². The molecule has 5 N–H and O–H groups in total. The second kappa shape index (κ2) is 14.4. The second-order valence-electron chi connectivity index (χ2n) is 9.10. The van der Waals surface area contributed by atoms with E-state index in [9.17, 15) is 28.8 Å².